The monoisotopic (exact) mass is 1190 g/mol. The molecule has 8 rings (SSSR count). The molecule has 402 valence electrons. The van der Waals surface area contributed by atoms with Crippen molar-refractivity contribution in [3.8, 4) is 67.5 Å². The summed E-state index contributed by atoms with van der Waals surface area (Å²) >= 11 is 0. The second kappa shape index (κ2) is 21.3. The number of nitrogens with zero attached hydrogens (tertiary/aromatic N) is 3. The number of aromatic hydroxyl groups is 1. The summed E-state index contributed by atoms with van der Waals surface area (Å²) in [5.74, 6) is 0.581. The smallest absolute Gasteiger partial charge is 0.148 e. The minimum absolute atomic E-state index is 0. The normalized spacial score (nSPS) is 13.6. The Balaban J connectivity index is 0.00000903. The number of rotatable bonds is 12. The van der Waals surface area contributed by atoms with Crippen LogP contribution in [0.4, 0.5) is 0 Å². The largest absolute Gasteiger partial charge is 0.507 e. The van der Waals surface area contributed by atoms with Crippen molar-refractivity contribution in [2.75, 3.05) is 0 Å². The van der Waals surface area contributed by atoms with Crippen molar-refractivity contribution in [2.24, 2.45) is 0 Å². The summed E-state index contributed by atoms with van der Waals surface area (Å²) in [6.07, 6.45) is 5.63. The Morgan fingerprint density at radius 1 is 0.526 bits per heavy atom. The summed E-state index contributed by atoms with van der Waals surface area (Å²) in [6.45, 7) is 37.4. The van der Waals surface area contributed by atoms with E-state index in [1.54, 1.807) is 0 Å². The number of pyridine rings is 1. The van der Waals surface area contributed by atoms with E-state index in [-0.39, 0.29) is 59.5 Å². The summed E-state index contributed by atoms with van der Waals surface area (Å²) in [6, 6.07) is 44.4. The van der Waals surface area contributed by atoms with Crippen LogP contribution in [-0.4, -0.2) is 19.6 Å². The molecule has 0 aliphatic rings. The van der Waals surface area contributed by atoms with E-state index in [1.165, 1.54) is 16.7 Å². The topological polar surface area (TPSA) is 50.9 Å². The Bertz CT molecular complexity index is 3470. The minimum Gasteiger partial charge on any atom is -0.507 e. The van der Waals surface area contributed by atoms with Crippen molar-refractivity contribution in [3.05, 3.63) is 166 Å². The van der Waals surface area contributed by atoms with Crippen molar-refractivity contribution < 1.29 is 30.3 Å². The average molecular weight is 1200 g/mol. The van der Waals surface area contributed by atoms with Crippen LogP contribution >= 0.6 is 0 Å². The zero-order valence-corrected chi connectivity index (χ0v) is 51.3. The number of phenols is 1. The van der Waals surface area contributed by atoms with Crippen molar-refractivity contribution in [1.29, 1.82) is 0 Å². The molecule has 76 heavy (non-hydrogen) atoms. The van der Waals surface area contributed by atoms with Crippen LogP contribution in [0.15, 0.2) is 121 Å². The molecule has 0 saturated heterocycles. The van der Waals surface area contributed by atoms with Gasteiger partial charge in [-0.15, -0.1) is 29.3 Å². The van der Waals surface area contributed by atoms with Gasteiger partial charge in [0.15, 0.2) is 0 Å². The molecular formula is C71H86N3OPt-. The van der Waals surface area contributed by atoms with Gasteiger partial charge >= 0.3 is 0 Å². The van der Waals surface area contributed by atoms with Crippen LogP contribution in [0, 0.1) is 12.9 Å². The maximum Gasteiger partial charge on any atom is 0.148 e. The average Bonchev–Trinajstić information content (AvgIpc) is 3.78. The van der Waals surface area contributed by atoms with Gasteiger partial charge in [-0.25, -0.2) is 4.98 Å². The molecule has 0 radical (unpaired) electrons. The number of fused-ring (bicyclic) bond motifs is 1. The molecule has 0 aliphatic heterocycles. The van der Waals surface area contributed by atoms with E-state index in [9.17, 15) is 9.22 Å². The Kier molecular flexibility index (Phi) is 15.1. The van der Waals surface area contributed by atoms with Gasteiger partial charge in [-0.1, -0.05) is 209 Å². The fraction of sp³-hybridized carbons (Fsp3) is 0.408. The van der Waals surface area contributed by atoms with Gasteiger partial charge in [-0.05, 0) is 145 Å². The van der Waals surface area contributed by atoms with Gasteiger partial charge < -0.3 is 5.11 Å². The van der Waals surface area contributed by atoms with Crippen molar-refractivity contribution >= 4 is 11.0 Å². The summed E-state index contributed by atoms with van der Waals surface area (Å²) in [5, 5.41) is 12.7. The van der Waals surface area contributed by atoms with Crippen molar-refractivity contribution in [2.45, 2.75) is 190 Å². The van der Waals surface area contributed by atoms with Crippen LogP contribution in [0.1, 0.15) is 193 Å². The van der Waals surface area contributed by atoms with E-state index < -0.39 is 12.3 Å². The second-order valence-corrected chi connectivity index (χ2v) is 26.1. The van der Waals surface area contributed by atoms with Gasteiger partial charge in [0.05, 0.1) is 22.3 Å². The quantitative estimate of drug-likeness (QED) is 0.124. The van der Waals surface area contributed by atoms with E-state index in [0.29, 0.717) is 28.1 Å². The molecule has 2 aromatic heterocycles. The van der Waals surface area contributed by atoms with Crippen LogP contribution in [0.3, 0.4) is 0 Å². The van der Waals surface area contributed by atoms with E-state index in [1.807, 2.05) is 35.0 Å². The number of aryl methyl sites for hydroxylation is 1. The van der Waals surface area contributed by atoms with E-state index in [0.717, 1.165) is 87.0 Å². The van der Waals surface area contributed by atoms with Crippen LogP contribution in [0.5, 0.6) is 5.75 Å². The molecular weight excluding hydrogens is 1110 g/mol. The predicted octanol–water partition coefficient (Wildman–Crippen LogP) is 19.9. The third-order valence-corrected chi connectivity index (χ3v) is 16.9. The number of benzene rings is 6. The van der Waals surface area contributed by atoms with Crippen molar-refractivity contribution in [3.63, 3.8) is 0 Å². The molecule has 6 aromatic carbocycles. The van der Waals surface area contributed by atoms with Crippen LogP contribution in [0.25, 0.3) is 72.7 Å². The summed E-state index contributed by atoms with van der Waals surface area (Å²) < 4.78 is 30.3. The Hall–Kier alpha value is -5.57. The van der Waals surface area contributed by atoms with Gasteiger partial charge in [0.25, 0.3) is 0 Å². The number of aromatic nitrogens is 3. The van der Waals surface area contributed by atoms with Crippen LogP contribution in [-0.2, 0) is 53.6 Å². The summed E-state index contributed by atoms with van der Waals surface area (Å²) in [4.78, 5) is 10.6. The zero-order chi connectivity index (χ0) is 57.3. The minimum atomic E-state index is -2.55. The van der Waals surface area contributed by atoms with E-state index >= 15 is 0 Å². The van der Waals surface area contributed by atoms with Gasteiger partial charge in [-0.3, -0.25) is 9.55 Å². The van der Waals surface area contributed by atoms with E-state index in [4.69, 9.17) is 9.97 Å². The Labute approximate surface area is 476 Å². The third kappa shape index (κ3) is 11.1. The molecule has 0 unspecified atom stereocenters. The molecule has 0 atom stereocenters. The zero-order valence-electron chi connectivity index (χ0n) is 52.0. The maximum atomic E-state index is 12.7. The first-order valence-corrected chi connectivity index (χ1v) is 27.6. The second-order valence-electron chi connectivity index (χ2n) is 26.1. The first-order valence-electron chi connectivity index (χ1n) is 29.1. The van der Waals surface area contributed by atoms with Gasteiger partial charge in [0.2, 0.25) is 0 Å². The first kappa shape index (κ1) is 53.8. The number of imidazole rings is 1. The molecule has 0 spiro atoms. The molecule has 0 aliphatic carbocycles. The molecule has 0 saturated carbocycles. The molecule has 1 N–H and O–H groups in total. The van der Waals surface area contributed by atoms with Gasteiger partial charge in [0.1, 0.15) is 11.6 Å². The van der Waals surface area contributed by atoms with Gasteiger partial charge in [0, 0.05) is 42.6 Å². The SMILES string of the molecule is [2H]C([2H])([2H])c1cc(-c2c(C(C)(CC)CC)cccc2C(C)(CC)CC)ccc1-n1c(-c2cc(C(C)(C)C)cc(C(C)(C)C)c2O)nc2c(-c3[c-]c(-c4cc(-c5ccc(C(C)(C)C)cc5)ccn4)cc(C(C)(C)C)c3)cccc21.[Pt]. The molecule has 8 aromatic rings. The standard InChI is InChI=1S/C71H86N3O.Pt/c1-20-70(18,21-2)56-27-25-28-57(71(19,22-3)23-4)62(56)48-32-35-60(45(5)38-48)74-61-29-24-26-54(63(61)73-65(74)55-43-53(68(12,13)14)44-58(64(55)75)69(15,16)17)49-39-50(41-52(40-49)67(9,10)11)59-42-47(36-37-72-59)46-30-33-51(34-31-46)66(6,7)8;/h24-38,40-44,75H,20-23H2,1-19H3;/q-1;/i5D3;. The number of hydrogen-bond acceptors (Lipinski definition) is 3. The molecule has 4 nitrogen and oxygen atoms in total. The molecule has 5 heteroatoms. The fourth-order valence-corrected chi connectivity index (χ4v) is 10.8. The predicted molar refractivity (Wildman–Crippen MR) is 322 cm³/mol. The molecule has 0 bridgehead atoms. The Morgan fingerprint density at radius 2 is 1.08 bits per heavy atom. The molecule has 0 amide bonds. The third-order valence-electron chi connectivity index (χ3n) is 16.9. The number of phenolic OH excluding ortho intramolecular Hbond substituents is 1. The summed E-state index contributed by atoms with van der Waals surface area (Å²) in [7, 11) is 0. The number of hydrogen-bond donors (Lipinski definition) is 1. The Morgan fingerprint density at radius 3 is 1.63 bits per heavy atom. The van der Waals surface area contributed by atoms with Gasteiger partial charge in [-0.2, -0.15) is 0 Å². The summed E-state index contributed by atoms with van der Waals surface area (Å²) in [5.41, 5.74) is 15.6. The molecule has 0 fully saturated rings. The van der Waals surface area contributed by atoms with E-state index in [2.05, 4.69) is 222 Å². The van der Waals surface area contributed by atoms with Crippen LogP contribution < -0.4 is 0 Å². The number of para-hydroxylation sites is 1. The fourth-order valence-electron chi connectivity index (χ4n) is 10.8. The molecule has 2 heterocycles. The van der Waals surface area contributed by atoms with Crippen LogP contribution in [0.2, 0.25) is 0 Å². The first-order chi connectivity index (χ1) is 36.3. The van der Waals surface area contributed by atoms with Crippen molar-refractivity contribution in [1.82, 2.24) is 14.5 Å². The maximum absolute atomic E-state index is 12.7.